The van der Waals surface area contributed by atoms with Gasteiger partial charge < -0.3 is 15.2 Å². The maximum atomic E-state index is 12.6. The Hall–Kier alpha value is -2.63. The summed E-state index contributed by atoms with van der Waals surface area (Å²) in [6.45, 7) is 8.83. The Bertz CT molecular complexity index is 745. The number of rotatable bonds is 7. The summed E-state index contributed by atoms with van der Waals surface area (Å²) in [6.07, 6.45) is 3.31. The van der Waals surface area contributed by atoms with Crippen LogP contribution in [0.1, 0.15) is 67.2 Å². The van der Waals surface area contributed by atoms with Crippen molar-refractivity contribution in [2.45, 2.75) is 59.2 Å². The minimum atomic E-state index is -0.367. The van der Waals surface area contributed by atoms with Crippen LogP contribution in [0.3, 0.4) is 0 Å². The fourth-order valence-electron chi connectivity index (χ4n) is 2.55. The van der Waals surface area contributed by atoms with E-state index in [-0.39, 0.29) is 23.2 Å². The molecule has 0 bridgehead atoms. The highest BCUT2D eigenvalue weighted by atomic mass is 16.2. The number of unbranched alkanes of at least 4 members (excludes halogenated alkanes) is 1. The van der Waals surface area contributed by atoms with Gasteiger partial charge in [-0.25, -0.2) is 4.98 Å². The molecule has 0 aliphatic heterocycles. The van der Waals surface area contributed by atoms with Crippen molar-refractivity contribution in [2.75, 3.05) is 0 Å². The normalized spacial score (nSPS) is 11.2. The number of nitrogens with zero attached hydrogens (tertiary/aromatic N) is 2. The molecule has 0 spiro atoms. The van der Waals surface area contributed by atoms with Crippen molar-refractivity contribution in [2.24, 2.45) is 0 Å². The Kier molecular flexibility index (Phi) is 6.55. The monoisotopic (exact) mass is 356 g/mol. The molecular weight excluding hydrogens is 328 g/mol. The van der Waals surface area contributed by atoms with Crippen LogP contribution in [0.4, 0.5) is 0 Å². The van der Waals surface area contributed by atoms with Gasteiger partial charge in [0.05, 0.1) is 6.20 Å². The Labute approximate surface area is 155 Å². The predicted molar refractivity (Wildman–Crippen MR) is 102 cm³/mol. The first kappa shape index (κ1) is 19.7. The maximum Gasteiger partial charge on any atom is 0.287 e. The molecule has 0 radical (unpaired) electrons. The van der Waals surface area contributed by atoms with Crippen molar-refractivity contribution in [1.29, 1.82) is 0 Å². The van der Waals surface area contributed by atoms with Crippen molar-refractivity contribution in [3.8, 4) is 0 Å². The first-order valence-electron chi connectivity index (χ1n) is 9.02. The molecule has 2 rings (SSSR count). The van der Waals surface area contributed by atoms with Gasteiger partial charge in [-0.15, -0.1) is 0 Å². The maximum absolute atomic E-state index is 12.6. The number of nitrogens with one attached hydrogen (secondary N) is 2. The summed E-state index contributed by atoms with van der Waals surface area (Å²) < 4.78 is 1.71. The number of hydrogen-bond donors (Lipinski definition) is 2. The van der Waals surface area contributed by atoms with E-state index in [4.69, 9.17) is 0 Å². The van der Waals surface area contributed by atoms with E-state index >= 15 is 0 Å². The van der Waals surface area contributed by atoms with E-state index in [0.29, 0.717) is 18.8 Å². The van der Waals surface area contributed by atoms with Gasteiger partial charge in [-0.3, -0.25) is 9.59 Å². The molecule has 0 atom stereocenters. The first-order chi connectivity index (χ1) is 12.3. The minimum Gasteiger partial charge on any atom is -0.347 e. The molecule has 2 amide bonds. The van der Waals surface area contributed by atoms with E-state index < -0.39 is 0 Å². The standard InChI is InChI=1S/C20H28N4O2/c1-5-6-12-24-16(14-21-17(24)19(26)23-20(2,3)4)18(25)22-13-15-10-8-7-9-11-15/h7-11,14H,5-6,12-13H2,1-4H3,(H,22,25)(H,23,26). The molecule has 6 nitrogen and oxygen atoms in total. The van der Waals surface area contributed by atoms with Gasteiger partial charge in [0.2, 0.25) is 0 Å². The van der Waals surface area contributed by atoms with Crippen molar-refractivity contribution >= 4 is 11.8 Å². The molecule has 0 aliphatic carbocycles. The lowest BCUT2D eigenvalue weighted by Gasteiger charge is -2.20. The quantitative estimate of drug-likeness (QED) is 0.800. The van der Waals surface area contributed by atoms with Crippen LogP contribution in [0, 0.1) is 0 Å². The van der Waals surface area contributed by atoms with Crippen LogP contribution in [0.2, 0.25) is 0 Å². The molecule has 0 aliphatic rings. The van der Waals surface area contributed by atoms with Crippen LogP contribution in [0.25, 0.3) is 0 Å². The molecular formula is C20H28N4O2. The van der Waals surface area contributed by atoms with E-state index in [1.165, 1.54) is 6.20 Å². The lowest BCUT2D eigenvalue weighted by Crippen LogP contribution is -2.42. The number of carbonyl (C=O) groups is 2. The van der Waals surface area contributed by atoms with Gasteiger partial charge in [0.15, 0.2) is 5.82 Å². The highest BCUT2D eigenvalue weighted by Gasteiger charge is 2.23. The molecule has 1 heterocycles. The largest absolute Gasteiger partial charge is 0.347 e. The van der Waals surface area contributed by atoms with Crippen LogP contribution in [-0.2, 0) is 13.1 Å². The molecule has 140 valence electrons. The number of aromatic nitrogens is 2. The minimum absolute atomic E-state index is 0.229. The van der Waals surface area contributed by atoms with E-state index in [0.717, 1.165) is 18.4 Å². The molecule has 2 N–H and O–H groups in total. The molecule has 0 unspecified atom stereocenters. The predicted octanol–water partition coefficient (Wildman–Crippen LogP) is 3.14. The second-order valence-electron chi connectivity index (χ2n) is 7.34. The van der Waals surface area contributed by atoms with Gasteiger partial charge in [-0.1, -0.05) is 43.7 Å². The third-order valence-corrected chi connectivity index (χ3v) is 3.81. The van der Waals surface area contributed by atoms with Crippen LogP contribution in [0.5, 0.6) is 0 Å². The molecule has 6 heteroatoms. The SMILES string of the molecule is CCCCn1c(C(=O)NCc2ccccc2)cnc1C(=O)NC(C)(C)C. The van der Waals surface area contributed by atoms with E-state index in [1.807, 2.05) is 51.1 Å². The second-order valence-corrected chi connectivity index (χ2v) is 7.34. The summed E-state index contributed by atoms with van der Waals surface area (Å²) in [5, 5.41) is 5.81. The fraction of sp³-hybridized carbons (Fsp3) is 0.450. The molecule has 26 heavy (non-hydrogen) atoms. The average molecular weight is 356 g/mol. The van der Waals surface area contributed by atoms with Crippen LogP contribution >= 0.6 is 0 Å². The summed E-state index contributed by atoms with van der Waals surface area (Å²) in [4.78, 5) is 29.4. The summed E-state index contributed by atoms with van der Waals surface area (Å²) in [5.74, 6) is -0.221. The highest BCUT2D eigenvalue weighted by molar-refractivity contribution is 5.96. The number of imidazole rings is 1. The molecule has 0 saturated heterocycles. The lowest BCUT2D eigenvalue weighted by atomic mass is 10.1. The fourth-order valence-corrected chi connectivity index (χ4v) is 2.55. The third-order valence-electron chi connectivity index (χ3n) is 3.81. The number of amides is 2. The van der Waals surface area contributed by atoms with Crippen LogP contribution < -0.4 is 10.6 Å². The number of hydrogen-bond acceptors (Lipinski definition) is 3. The van der Waals surface area contributed by atoms with E-state index in [9.17, 15) is 9.59 Å². The highest BCUT2D eigenvalue weighted by Crippen LogP contribution is 2.11. The topological polar surface area (TPSA) is 76.0 Å². The van der Waals surface area contributed by atoms with Gasteiger partial charge in [0, 0.05) is 18.6 Å². The van der Waals surface area contributed by atoms with E-state index in [2.05, 4.69) is 22.5 Å². The number of carbonyl (C=O) groups excluding carboxylic acids is 2. The second kappa shape index (κ2) is 8.65. The van der Waals surface area contributed by atoms with Crippen LogP contribution in [0.15, 0.2) is 36.5 Å². The zero-order valence-corrected chi connectivity index (χ0v) is 16.0. The van der Waals surface area contributed by atoms with Gasteiger partial charge in [0.1, 0.15) is 5.69 Å². The van der Waals surface area contributed by atoms with Gasteiger partial charge in [-0.2, -0.15) is 0 Å². The molecule has 1 aromatic heterocycles. The molecule has 0 fully saturated rings. The van der Waals surface area contributed by atoms with Crippen molar-refractivity contribution < 1.29 is 9.59 Å². The zero-order valence-electron chi connectivity index (χ0n) is 16.0. The summed E-state index contributed by atoms with van der Waals surface area (Å²) in [5.41, 5.74) is 1.06. The zero-order chi connectivity index (χ0) is 19.2. The van der Waals surface area contributed by atoms with Crippen molar-refractivity contribution in [3.05, 3.63) is 53.6 Å². The molecule has 0 saturated carbocycles. The molecule has 1 aromatic carbocycles. The summed E-state index contributed by atoms with van der Waals surface area (Å²) in [7, 11) is 0. The van der Waals surface area contributed by atoms with Crippen molar-refractivity contribution in [3.63, 3.8) is 0 Å². The first-order valence-corrected chi connectivity index (χ1v) is 9.02. The van der Waals surface area contributed by atoms with Crippen LogP contribution in [-0.4, -0.2) is 26.9 Å². The van der Waals surface area contributed by atoms with E-state index in [1.54, 1.807) is 4.57 Å². The Morgan fingerprint density at radius 3 is 2.42 bits per heavy atom. The Balaban J connectivity index is 2.18. The van der Waals surface area contributed by atoms with Crippen molar-refractivity contribution in [1.82, 2.24) is 20.2 Å². The van der Waals surface area contributed by atoms with Gasteiger partial charge in [0.25, 0.3) is 11.8 Å². The Morgan fingerprint density at radius 2 is 1.81 bits per heavy atom. The summed E-state index contributed by atoms with van der Waals surface area (Å²) in [6, 6.07) is 9.71. The number of benzene rings is 1. The average Bonchev–Trinajstić information content (AvgIpc) is 3.01. The smallest absolute Gasteiger partial charge is 0.287 e. The van der Waals surface area contributed by atoms with Gasteiger partial charge >= 0.3 is 0 Å². The van der Waals surface area contributed by atoms with Gasteiger partial charge in [-0.05, 0) is 32.8 Å². The Morgan fingerprint density at radius 1 is 1.12 bits per heavy atom. The third kappa shape index (κ3) is 5.44. The lowest BCUT2D eigenvalue weighted by molar-refractivity contribution is 0.0903. The molecule has 2 aromatic rings. The summed E-state index contributed by atoms with van der Waals surface area (Å²) >= 11 is 0.